The van der Waals surface area contributed by atoms with Crippen LogP contribution in [0.1, 0.15) is 21.6 Å². The van der Waals surface area contributed by atoms with Gasteiger partial charge in [-0.3, -0.25) is 4.98 Å². The molecule has 0 aromatic carbocycles. The van der Waals surface area contributed by atoms with Gasteiger partial charge in [-0.2, -0.15) is 0 Å². The molecule has 4 aromatic rings. The lowest BCUT2D eigenvalue weighted by Crippen LogP contribution is -2.01. The van der Waals surface area contributed by atoms with Gasteiger partial charge in [-0.25, -0.2) is 14.8 Å². The molecule has 0 fully saturated rings. The van der Waals surface area contributed by atoms with Gasteiger partial charge in [-0.1, -0.05) is 11.8 Å². The Balaban J connectivity index is 1.71. The maximum absolute atomic E-state index is 11.7. The minimum Gasteiger partial charge on any atom is -0.493 e. The Hall–Kier alpha value is -2.69. The number of carboxylic acids is 1. The lowest BCUT2D eigenvalue weighted by atomic mass is 10.2. The third-order valence-corrected chi connectivity index (χ3v) is 7.25. The van der Waals surface area contributed by atoms with Gasteiger partial charge >= 0.3 is 5.97 Å². The summed E-state index contributed by atoms with van der Waals surface area (Å²) in [5.74, 6) is 0.0918. The van der Waals surface area contributed by atoms with Crippen molar-refractivity contribution in [1.29, 1.82) is 0 Å². The summed E-state index contributed by atoms with van der Waals surface area (Å²) in [5.41, 5.74) is 2.94. The number of ether oxygens (including phenoxy) is 1. The number of aromatic nitrogens is 3. The van der Waals surface area contributed by atoms with Gasteiger partial charge in [0.25, 0.3) is 0 Å². The van der Waals surface area contributed by atoms with Gasteiger partial charge in [0.1, 0.15) is 0 Å². The monoisotopic (exact) mass is 444 g/mol. The summed E-state index contributed by atoms with van der Waals surface area (Å²) < 4.78 is 6.34. The van der Waals surface area contributed by atoms with Crippen molar-refractivity contribution in [3.8, 4) is 5.75 Å². The third-order valence-electron chi connectivity index (χ3n) is 4.06. The van der Waals surface area contributed by atoms with Crippen LogP contribution < -0.4 is 10.1 Å². The molecule has 0 amide bonds. The van der Waals surface area contributed by atoms with Crippen LogP contribution in [0.4, 0.5) is 10.9 Å². The first-order valence-corrected chi connectivity index (χ1v) is 11.0. The number of anilines is 2. The van der Waals surface area contributed by atoms with Crippen molar-refractivity contribution in [1.82, 2.24) is 15.0 Å². The molecule has 0 saturated carbocycles. The number of thiophene rings is 1. The highest BCUT2D eigenvalue weighted by Crippen LogP contribution is 2.41. The first-order valence-electron chi connectivity index (χ1n) is 8.47. The van der Waals surface area contributed by atoms with E-state index in [1.807, 2.05) is 30.7 Å². The average molecular weight is 445 g/mol. The standard InChI is InChI=1S/C19H16N4O3S3/c1-9-7-27-16-14(9)20-6-12(18(24)25)15(16)29-11-4-13(26-3)17(21-5-11)23-19-22-10(2)8-28-19/h4-8H,1-3H3,(H,24,25)(H,21,22,23). The zero-order chi connectivity index (χ0) is 20.5. The Labute approximate surface area is 178 Å². The summed E-state index contributed by atoms with van der Waals surface area (Å²) in [6.45, 7) is 3.89. The normalized spacial score (nSPS) is 11.0. The highest BCUT2D eigenvalue weighted by atomic mass is 32.2. The largest absolute Gasteiger partial charge is 0.493 e. The number of hydrogen-bond donors (Lipinski definition) is 2. The van der Waals surface area contributed by atoms with Gasteiger partial charge in [-0.15, -0.1) is 22.7 Å². The molecule has 10 heteroatoms. The van der Waals surface area contributed by atoms with Crippen LogP contribution in [-0.4, -0.2) is 33.1 Å². The molecule has 0 aliphatic heterocycles. The molecule has 2 N–H and O–H groups in total. The van der Waals surface area contributed by atoms with Crippen LogP contribution in [0.25, 0.3) is 10.2 Å². The second-order valence-electron chi connectivity index (χ2n) is 6.15. The number of aryl methyl sites for hydroxylation is 2. The molecule has 0 aliphatic rings. The van der Waals surface area contributed by atoms with E-state index in [2.05, 4.69) is 20.3 Å². The summed E-state index contributed by atoms with van der Waals surface area (Å²) >= 11 is 4.32. The smallest absolute Gasteiger partial charge is 0.338 e. The molecule has 4 aromatic heterocycles. The van der Waals surface area contributed by atoms with Crippen molar-refractivity contribution in [2.45, 2.75) is 23.6 Å². The number of carbonyl (C=O) groups is 1. The predicted octanol–water partition coefficient (Wildman–Crippen LogP) is 5.37. The van der Waals surface area contributed by atoms with Crippen molar-refractivity contribution >= 4 is 61.6 Å². The highest BCUT2D eigenvalue weighted by molar-refractivity contribution is 7.99. The summed E-state index contributed by atoms with van der Waals surface area (Å²) in [7, 11) is 1.57. The summed E-state index contributed by atoms with van der Waals surface area (Å²) in [4.78, 5) is 26.3. The van der Waals surface area contributed by atoms with E-state index < -0.39 is 5.97 Å². The molecule has 0 atom stereocenters. The van der Waals surface area contributed by atoms with Gasteiger partial charge in [0.2, 0.25) is 0 Å². The van der Waals surface area contributed by atoms with Crippen LogP contribution in [0.2, 0.25) is 0 Å². The third kappa shape index (κ3) is 3.91. The first kappa shape index (κ1) is 19.6. The van der Waals surface area contributed by atoms with Crippen LogP contribution in [0.3, 0.4) is 0 Å². The fraction of sp³-hybridized carbons (Fsp3) is 0.158. The number of aromatic carboxylic acids is 1. The molecular weight excluding hydrogens is 428 g/mol. The van der Waals surface area contributed by atoms with E-state index in [4.69, 9.17) is 4.74 Å². The number of methoxy groups -OCH3 is 1. The molecule has 0 aliphatic carbocycles. The molecule has 0 radical (unpaired) electrons. The number of nitrogens with one attached hydrogen (secondary N) is 1. The lowest BCUT2D eigenvalue weighted by Gasteiger charge is -2.11. The van der Waals surface area contributed by atoms with Crippen molar-refractivity contribution < 1.29 is 14.6 Å². The van der Waals surface area contributed by atoms with Gasteiger partial charge in [0, 0.05) is 27.6 Å². The van der Waals surface area contributed by atoms with Gasteiger partial charge < -0.3 is 15.2 Å². The Kier molecular flexibility index (Phi) is 5.39. The van der Waals surface area contributed by atoms with Crippen molar-refractivity contribution in [2.24, 2.45) is 0 Å². The fourth-order valence-corrected chi connectivity index (χ4v) is 5.54. The number of thiazole rings is 1. The summed E-state index contributed by atoms with van der Waals surface area (Å²) in [6, 6.07) is 1.83. The molecule has 7 nitrogen and oxygen atoms in total. The molecule has 4 rings (SSSR count). The van der Waals surface area contributed by atoms with Gasteiger partial charge in [0.05, 0.1) is 28.6 Å². The average Bonchev–Trinajstić information content (AvgIpc) is 3.28. The molecule has 0 spiro atoms. The van der Waals surface area contributed by atoms with Crippen LogP contribution in [-0.2, 0) is 0 Å². The van der Waals surface area contributed by atoms with Crippen molar-refractivity contribution in [3.63, 3.8) is 0 Å². The minimum atomic E-state index is -1.01. The summed E-state index contributed by atoms with van der Waals surface area (Å²) in [6.07, 6.45) is 3.10. The first-order chi connectivity index (χ1) is 14.0. The number of rotatable bonds is 6. The molecule has 29 heavy (non-hydrogen) atoms. The summed E-state index contributed by atoms with van der Waals surface area (Å²) in [5, 5.41) is 17.4. The molecule has 0 bridgehead atoms. The highest BCUT2D eigenvalue weighted by Gasteiger charge is 2.19. The van der Waals surface area contributed by atoms with Crippen molar-refractivity contribution in [3.05, 3.63) is 46.0 Å². The molecular formula is C19H16N4O3S3. The van der Waals surface area contributed by atoms with E-state index in [0.717, 1.165) is 31.5 Å². The van der Waals surface area contributed by atoms with E-state index in [9.17, 15) is 9.90 Å². The number of carboxylic acid groups (broad SMARTS) is 1. The maximum atomic E-state index is 11.7. The van der Waals surface area contributed by atoms with Crippen LogP contribution >= 0.6 is 34.4 Å². The van der Waals surface area contributed by atoms with E-state index in [-0.39, 0.29) is 5.56 Å². The Morgan fingerprint density at radius 3 is 2.72 bits per heavy atom. The van der Waals surface area contributed by atoms with Crippen LogP contribution in [0.5, 0.6) is 5.75 Å². The zero-order valence-electron chi connectivity index (χ0n) is 15.7. The van der Waals surface area contributed by atoms with E-state index >= 15 is 0 Å². The SMILES string of the molecule is COc1cc(Sc2c(C(=O)O)cnc3c(C)csc23)cnc1Nc1nc(C)cs1. The predicted molar refractivity (Wildman–Crippen MR) is 116 cm³/mol. The van der Waals surface area contributed by atoms with Gasteiger partial charge in [-0.05, 0) is 30.9 Å². The number of fused-ring (bicyclic) bond motifs is 1. The molecule has 0 saturated heterocycles. The minimum absolute atomic E-state index is 0.170. The van der Waals surface area contributed by atoms with E-state index in [1.54, 1.807) is 13.3 Å². The second kappa shape index (κ2) is 7.97. The lowest BCUT2D eigenvalue weighted by molar-refractivity contribution is 0.0693. The Morgan fingerprint density at radius 1 is 1.21 bits per heavy atom. The Morgan fingerprint density at radius 2 is 2.03 bits per heavy atom. The molecule has 148 valence electrons. The molecule has 4 heterocycles. The van der Waals surface area contributed by atoms with Crippen LogP contribution in [0, 0.1) is 13.8 Å². The zero-order valence-corrected chi connectivity index (χ0v) is 18.2. The van der Waals surface area contributed by atoms with Crippen molar-refractivity contribution in [2.75, 3.05) is 12.4 Å². The number of nitrogens with zero attached hydrogens (tertiary/aromatic N) is 3. The topological polar surface area (TPSA) is 97.2 Å². The second-order valence-corrected chi connectivity index (χ2v) is 8.97. The quantitative estimate of drug-likeness (QED) is 0.410. The maximum Gasteiger partial charge on any atom is 0.338 e. The fourth-order valence-electron chi connectivity index (χ4n) is 2.69. The van der Waals surface area contributed by atoms with E-state index in [1.165, 1.54) is 40.6 Å². The van der Waals surface area contributed by atoms with E-state index in [0.29, 0.717) is 16.5 Å². The number of pyridine rings is 2. The van der Waals surface area contributed by atoms with Gasteiger partial charge in [0.15, 0.2) is 16.7 Å². The van der Waals surface area contributed by atoms with Crippen LogP contribution in [0.15, 0.2) is 39.0 Å². The number of hydrogen-bond acceptors (Lipinski definition) is 9. The molecule has 0 unspecified atom stereocenters. The Bertz CT molecular complexity index is 1220.